The molecule has 0 atom stereocenters. The van der Waals surface area contributed by atoms with Gasteiger partial charge in [0.2, 0.25) is 0 Å². The van der Waals surface area contributed by atoms with Crippen LogP contribution in [-0.2, 0) is 17.8 Å². The summed E-state index contributed by atoms with van der Waals surface area (Å²) < 4.78 is 5.22. The molecule has 2 nitrogen and oxygen atoms in total. The van der Waals surface area contributed by atoms with Crippen LogP contribution in [0.5, 0.6) is 0 Å². The summed E-state index contributed by atoms with van der Waals surface area (Å²) in [5.41, 5.74) is 6.03. The predicted molar refractivity (Wildman–Crippen MR) is 78.1 cm³/mol. The van der Waals surface area contributed by atoms with Crippen molar-refractivity contribution in [3.8, 4) is 11.1 Å². The van der Waals surface area contributed by atoms with Crippen LogP contribution in [0.4, 0.5) is 0 Å². The van der Waals surface area contributed by atoms with E-state index >= 15 is 0 Å². The van der Waals surface area contributed by atoms with Crippen molar-refractivity contribution in [2.75, 3.05) is 13.7 Å². The minimum absolute atomic E-state index is 0.196. The lowest BCUT2D eigenvalue weighted by Crippen LogP contribution is -1.93. The summed E-state index contributed by atoms with van der Waals surface area (Å²) in [4.78, 5) is 0. The largest absolute Gasteiger partial charge is 0.396 e. The first-order chi connectivity index (χ1) is 9.24. The lowest BCUT2D eigenvalue weighted by atomic mass is 9.99. The molecule has 0 saturated heterocycles. The quantitative estimate of drug-likeness (QED) is 0.889. The van der Waals surface area contributed by atoms with Crippen molar-refractivity contribution in [1.82, 2.24) is 0 Å². The zero-order valence-electron chi connectivity index (χ0n) is 11.5. The molecular formula is C17H20O2. The zero-order valence-corrected chi connectivity index (χ0v) is 11.5. The van der Waals surface area contributed by atoms with Crippen molar-refractivity contribution >= 4 is 0 Å². The third kappa shape index (κ3) is 3.43. The van der Waals surface area contributed by atoms with E-state index in [1.807, 2.05) is 0 Å². The maximum absolute atomic E-state index is 8.92. The highest BCUT2D eigenvalue weighted by Crippen LogP contribution is 2.23. The molecule has 0 aliphatic rings. The van der Waals surface area contributed by atoms with E-state index in [9.17, 15) is 0 Å². The molecule has 0 saturated carbocycles. The van der Waals surface area contributed by atoms with Crippen molar-refractivity contribution in [3.63, 3.8) is 0 Å². The van der Waals surface area contributed by atoms with Crippen LogP contribution in [-0.4, -0.2) is 18.8 Å². The fourth-order valence-corrected chi connectivity index (χ4v) is 2.15. The minimum atomic E-state index is 0.196. The van der Waals surface area contributed by atoms with Gasteiger partial charge >= 0.3 is 0 Å². The number of aryl methyl sites for hydroxylation is 1. The van der Waals surface area contributed by atoms with Crippen LogP contribution in [0, 0.1) is 6.92 Å². The van der Waals surface area contributed by atoms with Gasteiger partial charge < -0.3 is 9.84 Å². The van der Waals surface area contributed by atoms with Crippen molar-refractivity contribution in [1.29, 1.82) is 0 Å². The maximum Gasteiger partial charge on any atom is 0.0715 e. The predicted octanol–water partition coefficient (Wildman–Crippen LogP) is 3.34. The third-order valence-corrected chi connectivity index (χ3v) is 3.34. The average molecular weight is 256 g/mol. The Bertz CT molecular complexity index is 529. The number of hydrogen-bond acceptors (Lipinski definition) is 2. The molecule has 0 unspecified atom stereocenters. The molecule has 100 valence electrons. The molecule has 0 aromatic heterocycles. The number of methoxy groups -OCH3 is 1. The Kier molecular flexibility index (Phi) is 4.72. The summed E-state index contributed by atoms with van der Waals surface area (Å²) in [5, 5.41) is 8.92. The summed E-state index contributed by atoms with van der Waals surface area (Å²) in [6.07, 6.45) is 0.711. The van der Waals surface area contributed by atoms with Gasteiger partial charge in [-0.3, -0.25) is 0 Å². The van der Waals surface area contributed by atoms with Gasteiger partial charge in [0.25, 0.3) is 0 Å². The number of aliphatic hydroxyl groups is 1. The first kappa shape index (κ1) is 13.8. The Morgan fingerprint density at radius 2 is 1.68 bits per heavy atom. The Morgan fingerprint density at radius 3 is 2.32 bits per heavy atom. The number of rotatable bonds is 5. The summed E-state index contributed by atoms with van der Waals surface area (Å²) in [5.74, 6) is 0. The van der Waals surface area contributed by atoms with Crippen LogP contribution in [0.3, 0.4) is 0 Å². The summed E-state index contributed by atoms with van der Waals surface area (Å²) in [6.45, 7) is 2.94. The van der Waals surface area contributed by atoms with E-state index in [0.29, 0.717) is 13.0 Å². The van der Waals surface area contributed by atoms with Crippen LogP contribution in [0.2, 0.25) is 0 Å². The Labute approximate surface area is 114 Å². The highest BCUT2D eigenvalue weighted by atomic mass is 16.5. The summed E-state index contributed by atoms with van der Waals surface area (Å²) >= 11 is 0. The molecule has 0 fully saturated rings. The average Bonchev–Trinajstić information content (AvgIpc) is 2.43. The van der Waals surface area contributed by atoms with Gasteiger partial charge in [0.1, 0.15) is 0 Å². The van der Waals surface area contributed by atoms with Gasteiger partial charge in [0, 0.05) is 13.7 Å². The number of hydrogen-bond donors (Lipinski definition) is 1. The van der Waals surface area contributed by atoms with Crippen LogP contribution in [0.15, 0.2) is 42.5 Å². The van der Waals surface area contributed by atoms with Gasteiger partial charge in [-0.25, -0.2) is 0 Å². The zero-order chi connectivity index (χ0) is 13.7. The second-order valence-corrected chi connectivity index (χ2v) is 4.74. The minimum Gasteiger partial charge on any atom is -0.396 e. The number of ether oxygens (including phenoxy) is 1. The standard InChI is InChI=1S/C17H20O2/c1-13-3-6-16(11-17(13)12-19-2)15-7-4-14(5-8-15)9-10-18/h3-8,11,18H,9-10,12H2,1-2H3. The van der Waals surface area contributed by atoms with Crippen LogP contribution >= 0.6 is 0 Å². The molecule has 0 heterocycles. The Morgan fingerprint density at radius 1 is 1.00 bits per heavy atom. The molecule has 2 aromatic carbocycles. The second kappa shape index (κ2) is 6.50. The Balaban J connectivity index is 2.28. The van der Waals surface area contributed by atoms with Crippen LogP contribution < -0.4 is 0 Å². The van der Waals surface area contributed by atoms with Gasteiger partial charge in [0.05, 0.1) is 6.61 Å². The molecule has 2 heteroatoms. The molecule has 0 amide bonds. The van der Waals surface area contributed by atoms with Gasteiger partial charge in [0.15, 0.2) is 0 Å². The van der Waals surface area contributed by atoms with Crippen LogP contribution in [0.25, 0.3) is 11.1 Å². The number of aliphatic hydroxyl groups excluding tert-OH is 1. The van der Waals surface area contributed by atoms with Gasteiger partial charge in [-0.05, 0) is 47.2 Å². The highest BCUT2D eigenvalue weighted by molar-refractivity contribution is 5.65. The first-order valence-electron chi connectivity index (χ1n) is 6.53. The van der Waals surface area contributed by atoms with E-state index in [1.54, 1.807) is 7.11 Å². The molecule has 19 heavy (non-hydrogen) atoms. The fraction of sp³-hybridized carbons (Fsp3) is 0.294. The van der Waals surface area contributed by atoms with E-state index in [-0.39, 0.29) is 6.61 Å². The van der Waals surface area contributed by atoms with Gasteiger partial charge in [-0.15, -0.1) is 0 Å². The number of benzene rings is 2. The molecule has 2 aromatic rings. The molecule has 0 aliphatic heterocycles. The van der Waals surface area contributed by atoms with Crippen molar-refractivity contribution in [2.24, 2.45) is 0 Å². The first-order valence-corrected chi connectivity index (χ1v) is 6.53. The summed E-state index contributed by atoms with van der Waals surface area (Å²) in [6, 6.07) is 14.8. The van der Waals surface area contributed by atoms with Crippen molar-refractivity contribution < 1.29 is 9.84 Å². The lowest BCUT2D eigenvalue weighted by molar-refractivity contribution is 0.184. The lowest BCUT2D eigenvalue weighted by Gasteiger charge is -2.09. The van der Waals surface area contributed by atoms with Gasteiger partial charge in [-0.2, -0.15) is 0 Å². The maximum atomic E-state index is 8.92. The second-order valence-electron chi connectivity index (χ2n) is 4.74. The molecule has 2 rings (SSSR count). The SMILES string of the molecule is COCc1cc(-c2ccc(CCO)cc2)ccc1C. The van der Waals surface area contributed by atoms with E-state index in [1.165, 1.54) is 22.3 Å². The monoisotopic (exact) mass is 256 g/mol. The molecule has 0 spiro atoms. The molecule has 0 bridgehead atoms. The Hall–Kier alpha value is -1.64. The highest BCUT2D eigenvalue weighted by Gasteiger charge is 2.03. The molecular weight excluding hydrogens is 236 g/mol. The van der Waals surface area contributed by atoms with Crippen LogP contribution in [0.1, 0.15) is 16.7 Å². The molecule has 0 aliphatic carbocycles. The van der Waals surface area contributed by atoms with E-state index in [2.05, 4.69) is 49.4 Å². The normalized spacial score (nSPS) is 10.7. The van der Waals surface area contributed by atoms with Crippen molar-refractivity contribution in [2.45, 2.75) is 20.0 Å². The van der Waals surface area contributed by atoms with E-state index in [4.69, 9.17) is 9.84 Å². The summed E-state index contributed by atoms with van der Waals surface area (Å²) in [7, 11) is 1.72. The van der Waals surface area contributed by atoms with E-state index < -0.39 is 0 Å². The third-order valence-electron chi connectivity index (χ3n) is 3.34. The van der Waals surface area contributed by atoms with Gasteiger partial charge in [-0.1, -0.05) is 36.4 Å². The topological polar surface area (TPSA) is 29.5 Å². The van der Waals surface area contributed by atoms with Crippen molar-refractivity contribution in [3.05, 3.63) is 59.2 Å². The molecule has 1 N–H and O–H groups in total. The fourth-order valence-electron chi connectivity index (χ4n) is 2.15. The van der Waals surface area contributed by atoms with E-state index in [0.717, 1.165) is 5.56 Å². The smallest absolute Gasteiger partial charge is 0.0715 e. The molecule has 0 radical (unpaired) electrons.